The number of amides is 3. The minimum Gasteiger partial charge on any atom is -0.454 e. The normalized spacial score (nSPS) is 23.2. The van der Waals surface area contributed by atoms with Crippen LogP contribution in [0.25, 0.3) is 0 Å². The van der Waals surface area contributed by atoms with E-state index in [2.05, 4.69) is 0 Å². The summed E-state index contributed by atoms with van der Waals surface area (Å²) in [6.45, 7) is 5.56. The van der Waals surface area contributed by atoms with Gasteiger partial charge < -0.3 is 14.4 Å². The highest BCUT2D eigenvalue weighted by molar-refractivity contribution is 6.22. The highest BCUT2D eigenvalue weighted by Gasteiger charge is 2.41. The van der Waals surface area contributed by atoms with E-state index in [1.54, 1.807) is 17.0 Å². The Kier molecular flexibility index (Phi) is 5.27. The molecule has 2 aliphatic rings. The monoisotopic (exact) mass is 374 g/mol. The third kappa shape index (κ3) is 3.71. The molecule has 0 aromatic heterocycles. The number of imide groups is 1. The van der Waals surface area contributed by atoms with Crippen molar-refractivity contribution in [3.05, 3.63) is 35.4 Å². The summed E-state index contributed by atoms with van der Waals surface area (Å²) in [5.74, 6) is -2.21. The van der Waals surface area contributed by atoms with E-state index < -0.39 is 30.4 Å². The lowest BCUT2D eigenvalue weighted by atomic mass is 10.1. The van der Waals surface area contributed by atoms with Gasteiger partial charge in [-0.15, -0.1) is 0 Å². The summed E-state index contributed by atoms with van der Waals surface area (Å²) in [5.41, 5.74) is 0.518. The number of morpholine rings is 1. The predicted octanol–water partition coefficient (Wildman–Crippen LogP) is 0.850. The number of nitrogens with zero attached hydrogens (tertiary/aromatic N) is 2. The van der Waals surface area contributed by atoms with Crippen LogP contribution in [0.4, 0.5) is 0 Å². The van der Waals surface area contributed by atoms with E-state index in [4.69, 9.17) is 9.47 Å². The van der Waals surface area contributed by atoms with Crippen LogP contribution in [0.15, 0.2) is 24.3 Å². The van der Waals surface area contributed by atoms with Crippen LogP contribution in [0.2, 0.25) is 0 Å². The second-order valence-corrected chi connectivity index (χ2v) is 6.87. The van der Waals surface area contributed by atoms with Gasteiger partial charge in [-0.3, -0.25) is 19.3 Å². The number of esters is 1. The van der Waals surface area contributed by atoms with Crippen LogP contribution < -0.4 is 0 Å². The summed E-state index contributed by atoms with van der Waals surface area (Å²) in [6.07, 6.45) is -0.184. The van der Waals surface area contributed by atoms with Gasteiger partial charge in [0.15, 0.2) is 6.61 Å². The topological polar surface area (TPSA) is 93.2 Å². The summed E-state index contributed by atoms with van der Waals surface area (Å²) in [7, 11) is 0. The molecule has 8 nitrogen and oxygen atoms in total. The number of hydrogen-bond acceptors (Lipinski definition) is 6. The molecule has 0 aliphatic carbocycles. The number of carbonyl (C=O) groups excluding carboxylic acids is 4. The Balaban J connectivity index is 1.59. The zero-order chi connectivity index (χ0) is 19.7. The summed E-state index contributed by atoms with van der Waals surface area (Å²) < 4.78 is 10.6. The molecule has 27 heavy (non-hydrogen) atoms. The van der Waals surface area contributed by atoms with E-state index in [1.165, 1.54) is 19.1 Å². The summed E-state index contributed by atoms with van der Waals surface area (Å²) >= 11 is 0. The van der Waals surface area contributed by atoms with Crippen LogP contribution in [-0.4, -0.2) is 71.4 Å². The Bertz CT molecular complexity index is 747. The van der Waals surface area contributed by atoms with E-state index in [0.717, 1.165) is 4.90 Å². The van der Waals surface area contributed by atoms with Crippen LogP contribution in [0, 0.1) is 0 Å². The maximum atomic E-state index is 12.4. The molecule has 0 bridgehead atoms. The molecule has 144 valence electrons. The third-order valence-electron chi connectivity index (χ3n) is 4.66. The van der Waals surface area contributed by atoms with E-state index in [1.807, 2.05) is 13.8 Å². The Morgan fingerprint density at radius 3 is 2.15 bits per heavy atom. The number of benzene rings is 1. The Morgan fingerprint density at radius 2 is 1.63 bits per heavy atom. The largest absolute Gasteiger partial charge is 0.454 e. The van der Waals surface area contributed by atoms with E-state index >= 15 is 0 Å². The SMILES string of the molecule is C[C@@H]1CN(C(=O)COC(=O)[C@@H](C)N2C(=O)c3ccccc3C2=O)C[C@@H](C)O1. The van der Waals surface area contributed by atoms with Gasteiger partial charge in [-0.25, -0.2) is 4.79 Å². The van der Waals surface area contributed by atoms with Crippen LogP contribution in [0.3, 0.4) is 0 Å². The van der Waals surface area contributed by atoms with Crippen molar-refractivity contribution in [1.29, 1.82) is 0 Å². The molecule has 0 unspecified atom stereocenters. The lowest BCUT2D eigenvalue weighted by Crippen LogP contribution is -2.50. The Labute approximate surface area is 157 Å². The molecule has 3 amide bonds. The van der Waals surface area contributed by atoms with Crippen molar-refractivity contribution >= 4 is 23.7 Å². The second-order valence-electron chi connectivity index (χ2n) is 6.87. The molecule has 0 saturated carbocycles. The van der Waals surface area contributed by atoms with Gasteiger partial charge >= 0.3 is 5.97 Å². The average molecular weight is 374 g/mol. The molecule has 1 saturated heterocycles. The number of carbonyl (C=O) groups is 4. The van der Waals surface area contributed by atoms with Crippen LogP contribution >= 0.6 is 0 Å². The van der Waals surface area contributed by atoms with Gasteiger partial charge in [-0.05, 0) is 32.9 Å². The fourth-order valence-corrected chi connectivity index (χ4v) is 3.39. The van der Waals surface area contributed by atoms with Gasteiger partial charge in [0.25, 0.3) is 17.7 Å². The smallest absolute Gasteiger partial charge is 0.329 e. The van der Waals surface area contributed by atoms with E-state index in [9.17, 15) is 19.2 Å². The third-order valence-corrected chi connectivity index (χ3v) is 4.66. The zero-order valence-electron chi connectivity index (χ0n) is 15.5. The molecule has 3 atom stereocenters. The molecule has 2 heterocycles. The first kappa shape index (κ1) is 19.0. The summed E-state index contributed by atoms with van der Waals surface area (Å²) in [4.78, 5) is 51.9. The van der Waals surface area contributed by atoms with Crippen LogP contribution in [0.1, 0.15) is 41.5 Å². The van der Waals surface area contributed by atoms with Crippen LogP contribution in [0.5, 0.6) is 0 Å². The van der Waals surface area contributed by atoms with Gasteiger partial charge in [0.1, 0.15) is 6.04 Å². The predicted molar refractivity (Wildman–Crippen MR) is 94.0 cm³/mol. The van der Waals surface area contributed by atoms with Gasteiger partial charge in [0.2, 0.25) is 0 Å². The first-order valence-corrected chi connectivity index (χ1v) is 8.86. The summed E-state index contributed by atoms with van der Waals surface area (Å²) in [6, 6.07) is 5.27. The lowest BCUT2D eigenvalue weighted by Gasteiger charge is -2.35. The van der Waals surface area contributed by atoms with Crippen molar-refractivity contribution in [2.75, 3.05) is 19.7 Å². The van der Waals surface area contributed by atoms with Gasteiger partial charge in [-0.2, -0.15) is 0 Å². The quantitative estimate of drug-likeness (QED) is 0.573. The highest BCUT2D eigenvalue weighted by atomic mass is 16.5. The molecule has 1 aromatic carbocycles. The van der Waals surface area contributed by atoms with Crippen molar-refractivity contribution in [3.8, 4) is 0 Å². The molecule has 3 rings (SSSR count). The molecular formula is C19H22N2O6. The first-order valence-electron chi connectivity index (χ1n) is 8.86. The van der Waals surface area contributed by atoms with Gasteiger partial charge in [-0.1, -0.05) is 12.1 Å². The van der Waals surface area contributed by atoms with E-state index in [-0.39, 0.29) is 29.2 Å². The molecule has 0 radical (unpaired) electrons. The zero-order valence-corrected chi connectivity index (χ0v) is 15.5. The fourth-order valence-electron chi connectivity index (χ4n) is 3.39. The Morgan fingerprint density at radius 1 is 1.11 bits per heavy atom. The molecule has 0 spiro atoms. The molecule has 8 heteroatoms. The van der Waals surface area contributed by atoms with Crippen LogP contribution in [-0.2, 0) is 19.1 Å². The van der Waals surface area contributed by atoms with Gasteiger partial charge in [0, 0.05) is 13.1 Å². The highest BCUT2D eigenvalue weighted by Crippen LogP contribution is 2.24. The Hall–Kier alpha value is -2.74. The number of hydrogen-bond donors (Lipinski definition) is 0. The van der Waals surface area contributed by atoms with Crippen molar-refractivity contribution in [1.82, 2.24) is 9.80 Å². The first-order chi connectivity index (χ1) is 12.8. The molecular weight excluding hydrogens is 352 g/mol. The van der Waals surface area contributed by atoms with Gasteiger partial charge in [0.05, 0.1) is 23.3 Å². The minimum atomic E-state index is -1.12. The van der Waals surface area contributed by atoms with Crippen molar-refractivity contribution in [2.24, 2.45) is 0 Å². The average Bonchev–Trinajstić information content (AvgIpc) is 2.89. The standard InChI is InChI=1S/C19H22N2O6/c1-11-8-20(9-12(2)27-11)16(22)10-26-19(25)13(3)21-17(23)14-6-4-5-7-15(14)18(21)24/h4-7,11-13H,8-10H2,1-3H3/t11-,12-,13-/m1/s1. The lowest BCUT2D eigenvalue weighted by molar-refractivity contribution is -0.159. The van der Waals surface area contributed by atoms with Crippen molar-refractivity contribution in [2.45, 2.75) is 39.0 Å². The fraction of sp³-hybridized carbons (Fsp3) is 0.474. The molecule has 0 N–H and O–H groups in total. The molecule has 1 aromatic rings. The number of ether oxygens (including phenoxy) is 2. The second kappa shape index (κ2) is 7.48. The number of rotatable bonds is 4. The maximum absolute atomic E-state index is 12.4. The summed E-state index contributed by atoms with van der Waals surface area (Å²) in [5, 5.41) is 0. The molecule has 1 fully saturated rings. The van der Waals surface area contributed by atoms with Crippen molar-refractivity contribution < 1.29 is 28.7 Å². The number of fused-ring (bicyclic) bond motifs is 1. The van der Waals surface area contributed by atoms with Crippen molar-refractivity contribution in [3.63, 3.8) is 0 Å². The van der Waals surface area contributed by atoms with E-state index in [0.29, 0.717) is 13.1 Å². The molecule has 2 aliphatic heterocycles. The maximum Gasteiger partial charge on any atom is 0.329 e. The minimum absolute atomic E-state index is 0.0920.